The van der Waals surface area contributed by atoms with E-state index in [1.165, 1.54) is 6.92 Å². The van der Waals surface area contributed by atoms with Crippen molar-refractivity contribution >= 4 is 23.9 Å². The van der Waals surface area contributed by atoms with Crippen LogP contribution in [0.25, 0.3) is 0 Å². The van der Waals surface area contributed by atoms with Gasteiger partial charge in [-0.1, -0.05) is 26.0 Å². The summed E-state index contributed by atoms with van der Waals surface area (Å²) in [4.78, 5) is 46.5. The Kier molecular flexibility index (Phi) is 5.58. The van der Waals surface area contributed by atoms with Crippen LogP contribution in [0.3, 0.4) is 0 Å². The first-order valence-corrected chi connectivity index (χ1v) is 6.62. The van der Waals surface area contributed by atoms with Gasteiger partial charge in [-0.3, -0.25) is 9.59 Å². The summed E-state index contributed by atoms with van der Waals surface area (Å²) >= 11 is 0. The van der Waals surface area contributed by atoms with E-state index in [0.29, 0.717) is 19.3 Å². The van der Waals surface area contributed by atoms with Gasteiger partial charge in [0.2, 0.25) is 0 Å². The maximum Gasteiger partial charge on any atom is 0.337 e. The van der Waals surface area contributed by atoms with Gasteiger partial charge in [0.25, 0.3) is 0 Å². The van der Waals surface area contributed by atoms with Gasteiger partial charge in [-0.05, 0) is 19.8 Å². The molecule has 0 aromatic heterocycles. The molecule has 6 heteroatoms. The highest BCUT2D eigenvalue weighted by atomic mass is 16.6. The minimum atomic E-state index is -1.20. The lowest BCUT2D eigenvalue weighted by Crippen LogP contribution is -2.45. The lowest BCUT2D eigenvalue weighted by atomic mass is 9.67. The van der Waals surface area contributed by atoms with E-state index in [9.17, 15) is 19.2 Å². The number of hydrogen-bond donors (Lipinski definition) is 0. The van der Waals surface area contributed by atoms with Gasteiger partial charge >= 0.3 is 23.9 Å². The maximum atomic E-state index is 12.2. The summed E-state index contributed by atoms with van der Waals surface area (Å²) in [5.74, 6) is -4.19. The van der Waals surface area contributed by atoms with Crippen LogP contribution in [0.2, 0.25) is 0 Å². The summed E-state index contributed by atoms with van der Waals surface area (Å²) in [6, 6.07) is 0. The molecule has 1 saturated carbocycles. The van der Waals surface area contributed by atoms with Crippen molar-refractivity contribution < 1.29 is 28.7 Å². The molecule has 0 saturated heterocycles. The third kappa shape index (κ3) is 3.87. The highest BCUT2D eigenvalue weighted by molar-refractivity contribution is 5.98. The molecule has 0 spiro atoms. The normalized spacial score (nSPS) is 24.5. The average molecular weight is 294 g/mol. The van der Waals surface area contributed by atoms with Crippen LogP contribution in [0.5, 0.6) is 0 Å². The summed E-state index contributed by atoms with van der Waals surface area (Å²) in [5, 5.41) is 0. The van der Waals surface area contributed by atoms with E-state index in [1.54, 1.807) is 0 Å². The standard InChI is InChI=1S/C15H18O6/c1-4-11(16)20-13(18)10-8-6-7-9-15(10,3)14(19)21-12(17)5-2/h4-5,10H,1-2,6-9H2,3H3. The maximum absolute atomic E-state index is 12.2. The van der Waals surface area contributed by atoms with Crippen molar-refractivity contribution in [2.24, 2.45) is 11.3 Å². The molecule has 1 aliphatic rings. The molecule has 0 heterocycles. The van der Waals surface area contributed by atoms with E-state index >= 15 is 0 Å². The fourth-order valence-corrected chi connectivity index (χ4v) is 2.42. The smallest absolute Gasteiger partial charge is 0.337 e. The molecule has 0 aromatic carbocycles. The quantitative estimate of drug-likeness (QED) is 0.445. The van der Waals surface area contributed by atoms with Crippen LogP contribution in [0.4, 0.5) is 0 Å². The highest BCUT2D eigenvalue weighted by Crippen LogP contribution is 2.42. The molecule has 2 atom stereocenters. The Labute approximate surface area is 122 Å². The Hall–Kier alpha value is -2.24. The van der Waals surface area contributed by atoms with Crippen molar-refractivity contribution in [3.63, 3.8) is 0 Å². The predicted molar refractivity (Wildman–Crippen MR) is 72.7 cm³/mol. The van der Waals surface area contributed by atoms with E-state index in [-0.39, 0.29) is 0 Å². The second-order valence-electron chi connectivity index (χ2n) is 5.07. The molecular formula is C15H18O6. The van der Waals surface area contributed by atoms with Crippen LogP contribution in [-0.4, -0.2) is 23.9 Å². The number of rotatable bonds is 4. The van der Waals surface area contributed by atoms with Crippen LogP contribution < -0.4 is 0 Å². The molecule has 2 unspecified atom stereocenters. The van der Waals surface area contributed by atoms with Gasteiger partial charge in [-0.25, -0.2) is 9.59 Å². The minimum absolute atomic E-state index is 0.373. The van der Waals surface area contributed by atoms with Gasteiger partial charge in [-0.2, -0.15) is 0 Å². The SMILES string of the molecule is C=CC(=O)OC(=O)C1CCCCC1(C)C(=O)OC(=O)C=C. The Bertz CT molecular complexity index is 492. The molecule has 0 N–H and O–H groups in total. The number of carbonyl (C=O) groups excluding carboxylic acids is 4. The first-order chi connectivity index (χ1) is 9.85. The third-order valence-electron chi connectivity index (χ3n) is 3.69. The molecule has 21 heavy (non-hydrogen) atoms. The zero-order chi connectivity index (χ0) is 16.0. The van der Waals surface area contributed by atoms with E-state index in [1.807, 2.05) is 0 Å². The molecular weight excluding hydrogens is 276 g/mol. The predicted octanol–water partition coefficient (Wildman–Crippen LogP) is 1.69. The number of carbonyl (C=O) groups is 4. The van der Waals surface area contributed by atoms with Crippen molar-refractivity contribution in [2.45, 2.75) is 32.6 Å². The Morgan fingerprint density at radius 3 is 2.19 bits per heavy atom. The molecule has 1 fully saturated rings. The third-order valence-corrected chi connectivity index (χ3v) is 3.69. The lowest BCUT2D eigenvalue weighted by Gasteiger charge is -2.36. The largest absolute Gasteiger partial charge is 0.390 e. The van der Waals surface area contributed by atoms with Crippen LogP contribution in [0.15, 0.2) is 25.3 Å². The van der Waals surface area contributed by atoms with E-state index < -0.39 is 35.2 Å². The molecule has 6 nitrogen and oxygen atoms in total. The topological polar surface area (TPSA) is 86.7 Å². The van der Waals surface area contributed by atoms with Gasteiger partial charge in [0.05, 0.1) is 11.3 Å². The van der Waals surface area contributed by atoms with Crippen molar-refractivity contribution in [3.05, 3.63) is 25.3 Å². The average Bonchev–Trinajstić information content (AvgIpc) is 2.46. The van der Waals surface area contributed by atoms with Crippen molar-refractivity contribution in [2.75, 3.05) is 0 Å². The van der Waals surface area contributed by atoms with Crippen LogP contribution in [-0.2, 0) is 28.7 Å². The fourth-order valence-electron chi connectivity index (χ4n) is 2.42. The van der Waals surface area contributed by atoms with Gasteiger partial charge in [0.1, 0.15) is 0 Å². The van der Waals surface area contributed by atoms with Crippen molar-refractivity contribution in [3.8, 4) is 0 Å². The van der Waals surface area contributed by atoms with E-state index in [0.717, 1.165) is 18.6 Å². The van der Waals surface area contributed by atoms with Gasteiger partial charge in [0.15, 0.2) is 0 Å². The molecule has 0 bridgehead atoms. The second kappa shape index (κ2) is 6.97. The van der Waals surface area contributed by atoms with Crippen LogP contribution in [0.1, 0.15) is 32.6 Å². The number of esters is 4. The Balaban J connectivity index is 2.93. The zero-order valence-electron chi connectivity index (χ0n) is 11.9. The summed E-state index contributed by atoms with van der Waals surface area (Å²) < 4.78 is 9.25. The van der Waals surface area contributed by atoms with Gasteiger partial charge < -0.3 is 9.47 Å². The van der Waals surface area contributed by atoms with E-state index in [2.05, 4.69) is 22.6 Å². The highest BCUT2D eigenvalue weighted by Gasteiger charge is 2.49. The molecule has 0 radical (unpaired) electrons. The molecule has 1 aliphatic carbocycles. The lowest BCUT2D eigenvalue weighted by molar-refractivity contribution is -0.177. The second-order valence-corrected chi connectivity index (χ2v) is 5.07. The van der Waals surface area contributed by atoms with Crippen LogP contribution in [0, 0.1) is 11.3 Å². The number of ether oxygens (including phenoxy) is 2. The van der Waals surface area contributed by atoms with Gasteiger partial charge in [-0.15, -0.1) is 0 Å². The fraction of sp³-hybridized carbons (Fsp3) is 0.467. The van der Waals surface area contributed by atoms with Crippen LogP contribution >= 0.6 is 0 Å². The summed E-state index contributed by atoms with van der Waals surface area (Å²) in [6.45, 7) is 7.96. The first kappa shape index (κ1) is 16.8. The molecule has 0 aromatic rings. The summed E-state index contributed by atoms with van der Waals surface area (Å²) in [5.41, 5.74) is -1.20. The Morgan fingerprint density at radius 2 is 1.62 bits per heavy atom. The first-order valence-electron chi connectivity index (χ1n) is 6.62. The summed E-state index contributed by atoms with van der Waals surface area (Å²) in [7, 11) is 0. The zero-order valence-corrected chi connectivity index (χ0v) is 11.9. The van der Waals surface area contributed by atoms with Gasteiger partial charge in [0, 0.05) is 12.2 Å². The minimum Gasteiger partial charge on any atom is -0.390 e. The van der Waals surface area contributed by atoms with Crippen molar-refractivity contribution in [1.29, 1.82) is 0 Å². The summed E-state index contributed by atoms with van der Waals surface area (Å²) in [6.07, 6.45) is 3.94. The van der Waals surface area contributed by atoms with Crippen molar-refractivity contribution in [1.82, 2.24) is 0 Å². The monoisotopic (exact) mass is 294 g/mol. The number of hydrogen-bond acceptors (Lipinski definition) is 6. The van der Waals surface area contributed by atoms with E-state index in [4.69, 9.17) is 0 Å². The molecule has 0 aliphatic heterocycles. The molecule has 1 rings (SSSR count). The molecule has 114 valence electrons. The Morgan fingerprint density at radius 1 is 1.05 bits per heavy atom. The molecule has 0 amide bonds.